The smallest absolute Gasteiger partial charge is 0.367 e. The zero-order chi connectivity index (χ0) is 20.8. The fourth-order valence-corrected chi connectivity index (χ4v) is 3.66. The van der Waals surface area contributed by atoms with E-state index in [1.165, 1.54) is 6.07 Å². The standard InChI is InChI=1S/C19H20F4N6/c1-11-12(2)17-25-26-18(19(21,22)23)29(17)27-16(11)24-13-6-5-9-28(10-13)15-8-4-3-7-14(15)20/h3-4,7-8,13H,5-6,9-10H2,1-2H3,(H,24,27). The van der Waals surface area contributed by atoms with Gasteiger partial charge in [-0.2, -0.15) is 17.7 Å². The Kier molecular flexibility index (Phi) is 4.79. The molecule has 1 saturated heterocycles. The van der Waals surface area contributed by atoms with Gasteiger partial charge in [-0.1, -0.05) is 12.1 Å². The molecule has 1 N–H and O–H groups in total. The molecular formula is C19H20F4N6. The highest BCUT2D eigenvalue weighted by Gasteiger charge is 2.38. The average molecular weight is 408 g/mol. The molecule has 29 heavy (non-hydrogen) atoms. The van der Waals surface area contributed by atoms with E-state index in [-0.39, 0.29) is 17.5 Å². The van der Waals surface area contributed by atoms with Gasteiger partial charge >= 0.3 is 6.18 Å². The number of nitrogens with zero attached hydrogens (tertiary/aromatic N) is 5. The van der Waals surface area contributed by atoms with E-state index < -0.39 is 12.0 Å². The van der Waals surface area contributed by atoms with Crippen LogP contribution in [0.5, 0.6) is 0 Å². The third-order valence-electron chi connectivity index (χ3n) is 5.30. The van der Waals surface area contributed by atoms with Crippen molar-refractivity contribution in [3.8, 4) is 0 Å². The minimum Gasteiger partial charge on any atom is -0.367 e. The van der Waals surface area contributed by atoms with E-state index in [0.29, 0.717) is 35.7 Å². The first kappa shape index (κ1) is 19.4. The Morgan fingerprint density at radius 3 is 2.59 bits per heavy atom. The molecule has 6 nitrogen and oxygen atoms in total. The number of aryl methyl sites for hydroxylation is 1. The van der Waals surface area contributed by atoms with Crippen LogP contribution in [0.1, 0.15) is 29.8 Å². The third kappa shape index (κ3) is 3.58. The van der Waals surface area contributed by atoms with E-state index in [0.717, 1.165) is 17.4 Å². The molecule has 3 heterocycles. The highest BCUT2D eigenvalue weighted by molar-refractivity contribution is 5.59. The summed E-state index contributed by atoms with van der Waals surface area (Å²) >= 11 is 0. The molecule has 1 aromatic carbocycles. The average Bonchev–Trinajstić information content (AvgIpc) is 3.11. The molecule has 154 valence electrons. The maximum atomic E-state index is 14.1. The number of anilines is 2. The van der Waals surface area contributed by atoms with Gasteiger partial charge in [0.1, 0.15) is 5.82 Å². The van der Waals surface area contributed by atoms with Gasteiger partial charge in [0.2, 0.25) is 0 Å². The van der Waals surface area contributed by atoms with Crippen LogP contribution in [0, 0.1) is 19.7 Å². The molecule has 10 heteroatoms. The van der Waals surface area contributed by atoms with Gasteiger partial charge in [-0.25, -0.2) is 4.39 Å². The normalized spacial score (nSPS) is 17.7. The summed E-state index contributed by atoms with van der Waals surface area (Å²) in [5, 5.41) is 14.3. The number of para-hydroxylation sites is 1. The zero-order valence-electron chi connectivity index (χ0n) is 16.0. The van der Waals surface area contributed by atoms with Crippen molar-refractivity contribution in [2.75, 3.05) is 23.3 Å². The number of rotatable bonds is 3. The lowest BCUT2D eigenvalue weighted by atomic mass is 10.0. The second kappa shape index (κ2) is 7.16. The molecule has 1 aliphatic rings. The number of fused-ring (bicyclic) bond motifs is 1. The van der Waals surface area contributed by atoms with Crippen molar-refractivity contribution in [1.29, 1.82) is 0 Å². The second-order valence-corrected chi connectivity index (χ2v) is 7.24. The second-order valence-electron chi connectivity index (χ2n) is 7.24. The van der Waals surface area contributed by atoms with Gasteiger partial charge in [0.25, 0.3) is 5.82 Å². The number of benzene rings is 1. The maximum absolute atomic E-state index is 14.1. The van der Waals surface area contributed by atoms with Gasteiger partial charge in [0.05, 0.1) is 5.69 Å². The van der Waals surface area contributed by atoms with Gasteiger partial charge < -0.3 is 10.2 Å². The highest BCUT2D eigenvalue weighted by Crippen LogP contribution is 2.30. The van der Waals surface area contributed by atoms with Crippen LogP contribution in [0.4, 0.5) is 29.1 Å². The molecule has 1 atom stereocenters. The lowest BCUT2D eigenvalue weighted by molar-refractivity contribution is -0.146. The van der Waals surface area contributed by atoms with Gasteiger partial charge in [-0.05, 0) is 44.4 Å². The Morgan fingerprint density at radius 1 is 1.10 bits per heavy atom. The van der Waals surface area contributed by atoms with Crippen LogP contribution < -0.4 is 10.2 Å². The molecule has 0 aliphatic carbocycles. The van der Waals surface area contributed by atoms with Crippen molar-refractivity contribution in [3.63, 3.8) is 0 Å². The third-order valence-corrected chi connectivity index (χ3v) is 5.30. The predicted molar refractivity (Wildman–Crippen MR) is 101 cm³/mol. The molecule has 0 radical (unpaired) electrons. The van der Waals surface area contributed by atoms with E-state index in [2.05, 4.69) is 20.6 Å². The van der Waals surface area contributed by atoms with Crippen molar-refractivity contribution in [2.24, 2.45) is 0 Å². The van der Waals surface area contributed by atoms with Crippen LogP contribution >= 0.6 is 0 Å². The summed E-state index contributed by atoms with van der Waals surface area (Å²) in [5.74, 6) is -1.10. The van der Waals surface area contributed by atoms with Crippen LogP contribution in [-0.2, 0) is 6.18 Å². The van der Waals surface area contributed by atoms with Crippen LogP contribution in [0.2, 0.25) is 0 Å². The Balaban J connectivity index is 1.63. The first-order valence-corrected chi connectivity index (χ1v) is 9.31. The number of hydrogen-bond donors (Lipinski definition) is 1. The Hall–Kier alpha value is -2.91. The fraction of sp³-hybridized carbons (Fsp3) is 0.421. The van der Waals surface area contributed by atoms with Crippen molar-refractivity contribution >= 4 is 17.2 Å². The molecule has 0 spiro atoms. The Labute approximate surface area is 164 Å². The van der Waals surface area contributed by atoms with Gasteiger partial charge in [0, 0.05) is 24.7 Å². The fourth-order valence-electron chi connectivity index (χ4n) is 3.66. The van der Waals surface area contributed by atoms with Gasteiger partial charge in [-0.15, -0.1) is 15.3 Å². The molecule has 4 rings (SSSR count). The SMILES string of the molecule is Cc1c(NC2CCCN(c3ccccc3F)C2)nn2c(C(F)(F)F)nnc2c1C. The number of hydrogen-bond acceptors (Lipinski definition) is 5. The number of alkyl halides is 3. The number of halogens is 4. The summed E-state index contributed by atoms with van der Waals surface area (Å²) in [6, 6.07) is 6.48. The number of piperidine rings is 1. The van der Waals surface area contributed by atoms with E-state index in [9.17, 15) is 17.6 Å². The number of aromatic nitrogens is 4. The first-order valence-electron chi connectivity index (χ1n) is 9.31. The zero-order valence-corrected chi connectivity index (χ0v) is 16.0. The van der Waals surface area contributed by atoms with Crippen molar-refractivity contribution in [3.05, 3.63) is 47.0 Å². The molecule has 0 amide bonds. The van der Waals surface area contributed by atoms with Crippen LogP contribution in [0.25, 0.3) is 5.65 Å². The maximum Gasteiger partial charge on any atom is 0.453 e. The minimum absolute atomic E-state index is 0.0806. The molecular weight excluding hydrogens is 388 g/mol. The predicted octanol–water partition coefficient (Wildman–Crippen LogP) is 3.98. The van der Waals surface area contributed by atoms with E-state index >= 15 is 0 Å². The van der Waals surface area contributed by atoms with Gasteiger partial charge in [-0.3, -0.25) is 0 Å². The van der Waals surface area contributed by atoms with Crippen LogP contribution in [0.3, 0.4) is 0 Å². The summed E-state index contributed by atoms with van der Waals surface area (Å²) in [7, 11) is 0. The quantitative estimate of drug-likeness (QED) is 0.665. The van der Waals surface area contributed by atoms with Gasteiger partial charge in [0.15, 0.2) is 11.5 Å². The molecule has 1 fully saturated rings. The van der Waals surface area contributed by atoms with Crippen molar-refractivity contribution in [2.45, 2.75) is 38.9 Å². The highest BCUT2D eigenvalue weighted by atomic mass is 19.4. The number of nitrogens with one attached hydrogen (secondary N) is 1. The lowest BCUT2D eigenvalue weighted by Crippen LogP contribution is -2.42. The Morgan fingerprint density at radius 2 is 1.86 bits per heavy atom. The summed E-state index contributed by atoms with van der Waals surface area (Å²) < 4.78 is 54.6. The molecule has 2 aromatic heterocycles. The van der Waals surface area contributed by atoms with E-state index in [1.54, 1.807) is 32.0 Å². The minimum atomic E-state index is -4.65. The van der Waals surface area contributed by atoms with Crippen molar-refractivity contribution < 1.29 is 17.6 Å². The topological polar surface area (TPSA) is 58.4 Å². The van der Waals surface area contributed by atoms with Crippen molar-refractivity contribution in [1.82, 2.24) is 19.8 Å². The molecule has 1 unspecified atom stereocenters. The molecule has 1 aliphatic heterocycles. The summed E-state index contributed by atoms with van der Waals surface area (Å²) in [6.07, 6.45) is -3.03. The summed E-state index contributed by atoms with van der Waals surface area (Å²) in [6.45, 7) is 4.71. The van der Waals surface area contributed by atoms with Crippen LogP contribution in [0.15, 0.2) is 24.3 Å². The lowest BCUT2D eigenvalue weighted by Gasteiger charge is -2.35. The van der Waals surface area contributed by atoms with Crippen LogP contribution in [-0.4, -0.2) is 38.9 Å². The van der Waals surface area contributed by atoms with E-state index in [4.69, 9.17) is 0 Å². The monoisotopic (exact) mass is 408 g/mol. The Bertz CT molecular complexity index is 1050. The summed E-state index contributed by atoms with van der Waals surface area (Å²) in [5.41, 5.74) is 1.89. The molecule has 0 bridgehead atoms. The largest absolute Gasteiger partial charge is 0.453 e. The first-order chi connectivity index (χ1) is 13.8. The molecule has 0 saturated carbocycles. The molecule has 3 aromatic rings. The summed E-state index contributed by atoms with van der Waals surface area (Å²) in [4.78, 5) is 1.94. The van der Waals surface area contributed by atoms with E-state index in [1.807, 2.05) is 4.90 Å².